The van der Waals surface area contributed by atoms with Gasteiger partial charge in [-0.15, -0.1) is 0 Å². The van der Waals surface area contributed by atoms with Crippen molar-refractivity contribution < 1.29 is 4.74 Å². The first-order valence-corrected chi connectivity index (χ1v) is 8.24. The fraction of sp³-hybridized carbons (Fsp3) is 0.200. The van der Waals surface area contributed by atoms with E-state index in [0.717, 1.165) is 5.56 Å². The first-order valence-electron chi connectivity index (χ1n) is 8.24. The Morgan fingerprint density at radius 3 is 2.68 bits per heavy atom. The van der Waals surface area contributed by atoms with Gasteiger partial charge in [0.1, 0.15) is 11.6 Å². The Morgan fingerprint density at radius 2 is 1.96 bits per heavy atom. The summed E-state index contributed by atoms with van der Waals surface area (Å²) >= 11 is 0. The molecule has 0 bridgehead atoms. The maximum absolute atomic E-state index is 12.9. The fourth-order valence-corrected chi connectivity index (χ4v) is 2.67. The summed E-state index contributed by atoms with van der Waals surface area (Å²) in [5, 5.41) is 0.549. The molecule has 0 amide bonds. The summed E-state index contributed by atoms with van der Waals surface area (Å²) in [6.07, 6.45) is 4.54. The van der Waals surface area contributed by atoms with Crippen LogP contribution in [0.4, 0.5) is 0 Å². The lowest BCUT2D eigenvalue weighted by atomic mass is 10.2. The smallest absolute Gasteiger partial charge is 0.261 e. The Labute approximate surface area is 146 Å². The second-order valence-corrected chi connectivity index (χ2v) is 5.70. The number of nitrogens with zero attached hydrogens (tertiary/aromatic N) is 2. The van der Waals surface area contributed by atoms with E-state index in [-0.39, 0.29) is 5.56 Å². The molecule has 0 aliphatic heterocycles. The number of hydrogen-bond acceptors (Lipinski definition) is 4. The second-order valence-electron chi connectivity index (χ2n) is 5.70. The molecule has 0 aliphatic rings. The van der Waals surface area contributed by atoms with E-state index >= 15 is 0 Å². The van der Waals surface area contributed by atoms with E-state index in [1.165, 1.54) is 0 Å². The highest BCUT2D eigenvalue weighted by molar-refractivity contribution is 5.80. The van der Waals surface area contributed by atoms with E-state index in [9.17, 15) is 4.79 Å². The summed E-state index contributed by atoms with van der Waals surface area (Å²) in [4.78, 5) is 17.6. The molecule has 0 unspecified atom stereocenters. The van der Waals surface area contributed by atoms with Gasteiger partial charge in [0.15, 0.2) is 0 Å². The number of aromatic nitrogens is 2. The van der Waals surface area contributed by atoms with Gasteiger partial charge in [-0.25, -0.2) is 4.98 Å². The molecular formula is C20H21N3O2. The first kappa shape index (κ1) is 16.9. The molecule has 1 heterocycles. The van der Waals surface area contributed by atoms with Crippen molar-refractivity contribution in [1.82, 2.24) is 9.55 Å². The van der Waals surface area contributed by atoms with Gasteiger partial charge in [-0.3, -0.25) is 9.36 Å². The standard InChI is InChI=1S/C20H21N3O2/c1-25-16-9-10-18-17(14-16)20(24)23(13-5-12-21)19(22-18)11-8-15-6-3-2-4-7-15/h2-4,6-11,14H,5,12-13,21H2,1H3. The lowest BCUT2D eigenvalue weighted by Crippen LogP contribution is -2.25. The molecule has 0 atom stereocenters. The van der Waals surface area contributed by atoms with Gasteiger partial charge in [0, 0.05) is 6.54 Å². The van der Waals surface area contributed by atoms with Gasteiger partial charge in [-0.1, -0.05) is 36.4 Å². The van der Waals surface area contributed by atoms with Gasteiger partial charge < -0.3 is 10.5 Å². The maximum atomic E-state index is 12.9. The van der Waals surface area contributed by atoms with Crippen LogP contribution in [0.1, 0.15) is 17.8 Å². The Hall–Kier alpha value is -2.92. The molecule has 3 rings (SSSR count). The number of methoxy groups -OCH3 is 1. The van der Waals surface area contributed by atoms with Crippen LogP contribution in [0.15, 0.2) is 53.3 Å². The van der Waals surface area contributed by atoms with E-state index < -0.39 is 0 Å². The van der Waals surface area contributed by atoms with Crippen LogP contribution in [0.25, 0.3) is 23.1 Å². The van der Waals surface area contributed by atoms with Crippen LogP contribution >= 0.6 is 0 Å². The monoisotopic (exact) mass is 335 g/mol. The zero-order valence-electron chi connectivity index (χ0n) is 14.2. The summed E-state index contributed by atoms with van der Waals surface area (Å²) < 4.78 is 6.90. The number of rotatable bonds is 6. The molecule has 5 heteroatoms. The molecular weight excluding hydrogens is 314 g/mol. The van der Waals surface area contributed by atoms with Gasteiger partial charge >= 0.3 is 0 Å². The highest BCUT2D eigenvalue weighted by Gasteiger charge is 2.10. The van der Waals surface area contributed by atoms with Crippen LogP contribution in [0.3, 0.4) is 0 Å². The van der Waals surface area contributed by atoms with Crippen molar-refractivity contribution in [3.63, 3.8) is 0 Å². The normalized spacial score (nSPS) is 11.3. The van der Waals surface area contributed by atoms with Crippen molar-refractivity contribution in [2.75, 3.05) is 13.7 Å². The first-order chi connectivity index (χ1) is 12.2. The van der Waals surface area contributed by atoms with E-state index in [1.54, 1.807) is 17.7 Å². The predicted octanol–water partition coefficient (Wildman–Crippen LogP) is 2.92. The average molecular weight is 335 g/mol. The summed E-state index contributed by atoms with van der Waals surface area (Å²) in [5.74, 6) is 1.27. The highest BCUT2D eigenvalue weighted by Crippen LogP contribution is 2.18. The lowest BCUT2D eigenvalue weighted by Gasteiger charge is -2.11. The summed E-state index contributed by atoms with van der Waals surface area (Å²) in [7, 11) is 1.58. The van der Waals surface area contributed by atoms with Gasteiger partial charge in [-0.2, -0.15) is 0 Å². The maximum Gasteiger partial charge on any atom is 0.261 e. The zero-order valence-corrected chi connectivity index (χ0v) is 14.2. The van der Waals surface area contributed by atoms with Crippen molar-refractivity contribution >= 4 is 23.1 Å². The average Bonchev–Trinajstić information content (AvgIpc) is 2.66. The molecule has 0 fully saturated rings. The van der Waals surface area contributed by atoms with Crippen molar-refractivity contribution in [2.45, 2.75) is 13.0 Å². The largest absolute Gasteiger partial charge is 0.497 e. The number of nitrogens with two attached hydrogens (primary N) is 1. The molecule has 2 N–H and O–H groups in total. The Bertz CT molecular complexity index is 946. The van der Waals surface area contributed by atoms with Crippen molar-refractivity contribution in [3.8, 4) is 5.75 Å². The number of hydrogen-bond donors (Lipinski definition) is 1. The van der Waals surface area contributed by atoms with Gasteiger partial charge in [0.2, 0.25) is 0 Å². The molecule has 0 saturated carbocycles. The van der Waals surface area contributed by atoms with E-state index in [0.29, 0.717) is 42.0 Å². The molecule has 0 radical (unpaired) electrons. The number of fused-ring (bicyclic) bond motifs is 1. The third-order valence-corrected chi connectivity index (χ3v) is 4.00. The minimum absolute atomic E-state index is 0.0786. The fourth-order valence-electron chi connectivity index (χ4n) is 2.67. The predicted molar refractivity (Wildman–Crippen MR) is 102 cm³/mol. The van der Waals surface area contributed by atoms with Crippen LogP contribution in [0, 0.1) is 0 Å². The quantitative estimate of drug-likeness (QED) is 0.752. The van der Waals surface area contributed by atoms with Crippen molar-refractivity contribution in [2.24, 2.45) is 5.73 Å². The number of ether oxygens (including phenoxy) is 1. The minimum Gasteiger partial charge on any atom is -0.497 e. The molecule has 1 aromatic heterocycles. The van der Waals surface area contributed by atoms with Crippen molar-refractivity contribution in [3.05, 3.63) is 70.3 Å². The van der Waals surface area contributed by atoms with Gasteiger partial charge in [0.05, 0.1) is 18.0 Å². The van der Waals surface area contributed by atoms with E-state index in [4.69, 9.17) is 10.5 Å². The second kappa shape index (κ2) is 7.77. The topological polar surface area (TPSA) is 70.1 Å². The Balaban J connectivity index is 2.12. The molecule has 0 aliphatic carbocycles. The van der Waals surface area contributed by atoms with Crippen LogP contribution in [-0.4, -0.2) is 23.2 Å². The SMILES string of the molecule is COc1ccc2nc(C=Cc3ccccc3)n(CCCN)c(=O)c2c1. The molecule has 128 valence electrons. The van der Waals surface area contributed by atoms with Crippen LogP contribution in [0.5, 0.6) is 5.75 Å². The Morgan fingerprint density at radius 1 is 1.16 bits per heavy atom. The molecule has 0 saturated heterocycles. The molecule has 3 aromatic rings. The molecule has 2 aromatic carbocycles. The Kier molecular flexibility index (Phi) is 5.26. The van der Waals surface area contributed by atoms with Crippen LogP contribution < -0.4 is 16.0 Å². The van der Waals surface area contributed by atoms with E-state index in [2.05, 4.69) is 4.98 Å². The summed E-state index contributed by atoms with van der Waals surface area (Å²) in [6, 6.07) is 15.3. The molecule has 25 heavy (non-hydrogen) atoms. The molecule has 0 spiro atoms. The summed E-state index contributed by atoms with van der Waals surface area (Å²) in [6.45, 7) is 1.05. The van der Waals surface area contributed by atoms with Gasteiger partial charge in [0.25, 0.3) is 5.56 Å². The lowest BCUT2D eigenvalue weighted by molar-refractivity contribution is 0.415. The minimum atomic E-state index is -0.0786. The van der Waals surface area contributed by atoms with E-state index in [1.807, 2.05) is 54.6 Å². The zero-order chi connectivity index (χ0) is 17.6. The van der Waals surface area contributed by atoms with Crippen molar-refractivity contribution in [1.29, 1.82) is 0 Å². The summed E-state index contributed by atoms with van der Waals surface area (Å²) in [5.41, 5.74) is 7.26. The van der Waals surface area contributed by atoms with Crippen LogP contribution in [0.2, 0.25) is 0 Å². The number of benzene rings is 2. The third kappa shape index (κ3) is 3.78. The molecule has 5 nitrogen and oxygen atoms in total. The highest BCUT2D eigenvalue weighted by atomic mass is 16.5. The van der Waals surface area contributed by atoms with Gasteiger partial charge in [-0.05, 0) is 42.8 Å². The third-order valence-electron chi connectivity index (χ3n) is 4.00. The van der Waals surface area contributed by atoms with Crippen LogP contribution in [-0.2, 0) is 6.54 Å².